The molecule has 2 aromatic carbocycles. The summed E-state index contributed by atoms with van der Waals surface area (Å²) < 4.78 is 11.0. The molecule has 3 rings (SSSR count). The van der Waals surface area contributed by atoms with Crippen LogP contribution in [0, 0.1) is 6.92 Å². The number of aryl methyl sites for hydroxylation is 1. The number of hydrogen-bond acceptors (Lipinski definition) is 4. The molecule has 0 unspecified atom stereocenters. The van der Waals surface area contributed by atoms with Crippen molar-refractivity contribution in [1.29, 1.82) is 0 Å². The monoisotopic (exact) mass is 380 g/mol. The summed E-state index contributed by atoms with van der Waals surface area (Å²) in [4.78, 5) is 14.9. The molecule has 5 heteroatoms. The van der Waals surface area contributed by atoms with Gasteiger partial charge in [-0.3, -0.25) is 9.69 Å². The second kappa shape index (κ2) is 8.93. The lowest BCUT2D eigenvalue weighted by atomic mass is 9.91. The lowest BCUT2D eigenvalue weighted by molar-refractivity contribution is 0.0932. The van der Waals surface area contributed by atoms with Crippen molar-refractivity contribution in [1.82, 2.24) is 10.2 Å². The molecule has 1 aliphatic heterocycles. The van der Waals surface area contributed by atoms with E-state index in [9.17, 15) is 4.79 Å². The second-order valence-electron chi connectivity index (χ2n) is 7.03. The Labute approximate surface area is 167 Å². The van der Waals surface area contributed by atoms with Crippen molar-refractivity contribution in [3.05, 3.63) is 71.3 Å². The van der Waals surface area contributed by atoms with Crippen LogP contribution in [0.15, 0.2) is 49.1 Å². The van der Waals surface area contributed by atoms with E-state index in [4.69, 9.17) is 9.47 Å². The average Bonchev–Trinajstić information content (AvgIpc) is 2.72. The topological polar surface area (TPSA) is 50.8 Å². The molecule has 1 heterocycles. The highest BCUT2D eigenvalue weighted by atomic mass is 16.5. The van der Waals surface area contributed by atoms with Gasteiger partial charge in [-0.2, -0.15) is 0 Å². The second-order valence-corrected chi connectivity index (χ2v) is 7.03. The third-order valence-electron chi connectivity index (χ3n) is 5.25. The minimum absolute atomic E-state index is 0.0518. The first-order valence-electron chi connectivity index (χ1n) is 9.52. The first-order valence-corrected chi connectivity index (χ1v) is 9.52. The quantitative estimate of drug-likeness (QED) is 0.747. The van der Waals surface area contributed by atoms with Crippen molar-refractivity contribution in [2.45, 2.75) is 19.4 Å². The fourth-order valence-corrected chi connectivity index (χ4v) is 3.70. The maximum Gasteiger partial charge on any atom is 0.251 e. The van der Waals surface area contributed by atoms with Gasteiger partial charge in [0.25, 0.3) is 5.91 Å². The molecule has 0 radical (unpaired) electrons. The van der Waals surface area contributed by atoms with E-state index in [2.05, 4.69) is 16.8 Å². The highest BCUT2D eigenvalue weighted by molar-refractivity contribution is 5.94. The maximum absolute atomic E-state index is 12.6. The number of nitrogens with one attached hydrogen (secondary N) is 1. The third kappa shape index (κ3) is 4.20. The van der Waals surface area contributed by atoms with Gasteiger partial charge in [-0.05, 0) is 48.7 Å². The standard InChI is InChI=1S/C23H28N2O3/c1-5-11-25-12-10-18-13-21(27-3)22(28-4)14-19(18)20(25)15-24-23(26)17-8-6-16(2)7-9-17/h5-9,13-14,20H,1,10-12,15H2,2-4H3,(H,24,26)/t20-/m0/s1. The molecule has 1 aliphatic rings. The number of methoxy groups -OCH3 is 2. The number of carbonyl (C=O) groups excluding carboxylic acids is 1. The molecule has 1 atom stereocenters. The lowest BCUT2D eigenvalue weighted by Gasteiger charge is -2.37. The van der Waals surface area contributed by atoms with E-state index in [0.717, 1.165) is 36.4 Å². The average molecular weight is 380 g/mol. The van der Waals surface area contributed by atoms with E-state index < -0.39 is 0 Å². The summed E-state index contributed by atoms with van der Waals surface area (Å²) >= 11 is 0. The minimum atomic E-state index is -0.0637. The number of hydrogen-bond donors (Lipinski definition) is 1. The van der Waals surface area contributed by atoms with Gasteiger partial charge in [0, 0.05) is 25.2 Å². The van der Waals surface area contributed by atoms with E-state index in [-0.39, 0.29) is 11.9 Å². The number of amides is 1. The van der Waals surface area contributed by atoms with Crippen LogP contribution in [-0.4, -0.2) is 44.7 Å². The van der Waals surface area contributed by atoms with Crippen molar-refractivity contribution in [3.8, 4) is 11.5 Å². The minimum Gasteiger partial charge on any atom is -0.493 e. The first-order chi connectivity index (χ1) is 13.6. The zero-order chi connectivity index (χ0) is 20.1. The smallest absolute Gasteiger partial charge is 0.251 e. The first kappa shape index (κ1) is 20.0. The summed E-state index contributed by atoms with van der Waals surface area (Å²) in [5.74, 6) is 1.38. The van der Waals surface area contributed by atoms with Crippen LogP contribution in [0.5, 0.6) is 11.5 Å². The largest absolute Gasteiger partial charge is 0.493 e. The Morgan fingerprint density at radius 1 is 1.21 bits per heavy atom. The van der Waals surface area contributed by atoms with Crippen molar-refractivity contribution in [2.24, 2.45) is 0 Å². The van der Waals surface area contributed by atoms with Crippen molar-refractivity contribution in [2.75, 3.05) is 33.9 Å². The van der Waals surface area contributed by atoms with Crippen molar-refractivity contribution in [3.63, 3.8) is 0 Å². The van der Waals surface area contributed by atoms with Gasteiger partial charge < -0.3 is 14.8 Å². The molecule has 0 spiro atoms. The Balaban J connectivity index is 1.85. The van der Waals surface area contributed by atoms with Gasteiger partial charge in [0.1, 0.15) is 0 Å². The number of nitrogens with zero attached hydrogens (tertiary/aromatic N) is 1. The van der Waals surface area contributed by atoms with E-state index in [1.54, 1.807) is 14.2 Å². The molecule has 28 heavy (non-hydrogen) atoms. The molecular formula is C23H28N2O3. The van der Waals surface area contributed by atoms with Crippen LogP contribution >= 0.6 is 0 Å². The Morgan fingerprint density at radius 2 is 1.89 bits per heavy atom. The summed E-state index contributed by atoms with van der Waals surface area (Å²) in [6.07, 6.45) is 2.83. The number of carbonyl (C=O) groups is 1. The van der Waals surface area contributed by atoms with Crippen LogP contribution < -0.4 is 14.8 Å². The summed E-state index contributed by atoms with van der Waals surface area (Å²) in [6.45, 7) is 8.08. The maximum atomic E-state index is 12.6. The zero-order valence-electron chi connectivity index (χ0n) is 16.8. The number of rotatable bonds is 7. The van der Waals surface area contributed by atoms with E-state index >= 15 is 0 Å². The van der Waals surface area contributed by atoms with Gasteiger partial charge in [0.05, 0.1) is 20.3 Å². The van der Waals surface area contributed by atoms with E-state index in [1.165, 1.54) is 5.56 Å². The molecule has 0 bridgehead atoms. The zero-order valence-corrected chi connectivity index (χ0v) is 16.8. The van der Waals surface area contributed by atoms with Gasteiger partial charge in [-0.15, -0.1) is 6.58 Å². The number of fused-ring (bicyclic) bond motifs is 1. The van der Waals surface area contributed by atoms with Crippen LogP contribution in [-0.2, 0) is 6.42 Å². The van der Waals surface area contributed by atoms with Crippen LogP contribution in [0.2, 0.25) is 0 Å². The Kier molecular flexibility index (Phi) is 6.37. The van der Waals surface area contributed by atoms with E-state index in [0.29, 0.717) is 17.9 Å². The highest BCUT2D eigenvalue weighted by Gasteiger charge is 2.28. The fraction of sp³-hybridized carbons (Fsp3) is 0.348. The van der Waals surface area contributed by atoms with Crippen LogP contribution in [0.25, 0.3) is 0 Å². The molecule has 2 aromatic rings. The van der Waals surface area contributed by atoms with Gasteiger partial charge in [-0.1, -0.05) is 23.8 Å². The Bertz CT molecular complexity index is 846. The summed E-state index contributed by atoms with van der Waals surface area (Å²) in [5.41, 5.74) is 4.20. The lowest BCUT2D eigenvalue weighted by Crippen LogP contribution is -2.42. The van der Waals surface area contributed by atoms with Gasteiger partial charge in [-0.25, -0.2) is 0 Å². The van der Waals surface area contributed by atoms with Crippen molar-refractivity contribution < 1.29 is 14.3 Å². The molecule has 5 nitrogen and oxygen atoms in total. The summed E-state index contributed by atoms with van der Waals surface area (Å²) in [5, 5.41) is 3.10. The van der Waals surface area contributed by atoms with Crippen molar-refractivity contribution >= 4 is 5.91 Å². The molecule has 148 valence electrons. The Morgan fingerprint density at radius 3 is 2.54 bits per heavy atom. The predicted octanol–water partition coefficient (Wildman–Crippen LogP) is 3.53. The fourth-order valence-electron chi connectivity index (χ4n) is 3.70. The van der Waals surface area contributed by atoms with Crippen LogP contribution in [0.4, 0.5) is 0 Å². The molecule has 0 aromatic heterocycles. The molecular weight excluding hydrogens is 352 g/mol. The van der Waals surface area contributed by atoms with Gasteiger partial charge >= 0.3 is 0 Å². The number of ether oxygens (including phenoxy) is 2. The Hall–Kier alpha value is -2.79. The third-order valence-corrected chi connectivity index (χ3v) is 5.25. The highest BCUT2D eigenvalue weighted by Crippen LogP contribution is 2.37. The number of benzene rings is 2. The summed E-state index contributed by atoms with van der Waals surface area (Å²) in [7, 11) is 3.29. The summed E-state index contributed by atoms with van der Waals surface area (Å²) in [6, 6.07) is 11.7. The molecule has 0 saturated heterocycles. The predicted molar refractivity (Wildman–Crippen MR) is 111 cm³/mol. The van der Waals surface area contributed by atoms with Crippen LogP contribution in [0.1, 0.15) is 33.1 Å². The van der Waals surface area contributed by atoms with Gasteiger partial charge in [0.15, 0.2) is 11.5 Å². The molecule has 0 fully saturated rings. The molecule has 1 N–H and O–H groups in total. The molecule has 0 aliphatic carbocycles. The van der Waals surface area contributed by atoms with E-state index in [1.807, 2.05) is 49.4 Å². The normalized spacial score (nSPS) is 16.2. The molecule has 0 saturated carbocycles. The molecule has 1 amide bonds. The van der Waals surface area contributed by atoms with Crippen LogP contribution in [0.3, 0.4) is 0 Å². The van der Waals surface area contributed by atoms with Gasteiger partial charge in [0.2, 0.25) is 0 Å². The SMILES string of the molecule is C=CCN1CCc2cc(OC)c(OC)cc2[C@@H]1CNC(=O)c1ccc(C)cc1.